The summed E-state index contributed by atoms with van der Waals surface area (Å²) in [6.07, 6.45) is 3.31. The molecule has 8 heteroatoms. The predicted octanol–water partition coefficient (Wildman–Crippen LogP) is 5.10. The number of rotatable bonds is 11. The summed E-state index contributed by atoms with van der Waals surface area (Å²) >= 11 is 11.8. The van der Waals surface area contributed by atoms with Crippen molar-refractivity contribution in [1.29, 1.82) is 0 Å². The van der Waals surface area contributed by atoms with Crippen LogP contribution < -0.4 is 19.6 Å². The van der Waals surface area contributed by atoms with E-state index in [1.165, 1.54) is 6.21 Å². The lowest BCUT2D eigenvalue weighted by Gasteiger charge is -2.11. The van der Waals surface area contributed by atoms with Gasteiger partial charge in [0, 0.05) is 16.7 Å². The Kier molecular flexibility index (Phi) is 9.60. The number of hydrazone groups is 1. The summed E-state index contributed by atoms with van der Waals surface area (Å²) in [7, 11) is 0. The SMILES string of the molecule is CCCOc1ccc(/C=N/NC(=O)COc2ccc(Cl)cc2Cl)c(OCCC)c1. The van der Waals surface area contributed by atoms with E-state index >= 15 is 0 Å². The van der Waals surface area contributed by atoms with Gasteiger partial charge in [0.15, 0.2) is 6.61 Å². The number of amides is 1. The summed E-state index contributed by atoms with van der Waals surface area (Å²) in [6.45, 7) is 5.04. The van der Waals surface area contributed by atoms with Crippen LogP contribution in [0.25, 0.3) is 0 Å². The third kappa shape index (κ3) is 7.83. The summed E-state index contributed by atoms with van der Waals surface area (Å²) in [5.41, 5.74) is 3.14. The number of ether oxygens (including phenoxy) is 3. The van der Waals surface area contributed by atoms with Crippen LogP contribution in [-0.4, -0.2) is 31.9 Å². The minimum Gasteiger partial charge on any atom is -0.493 e. The standard InChI is InChI=1S/C21H24Cl2N2O4/c1-3-9-27-17-7-5-15(20(12-17)28-10-4-2)13-24-25-21(26)14-29-19-8-6-16(22)11-18(19)23/h5-8,11-13H,3-4,9-10,14H2,1-2H3,(H,25,26)/b24-13+. The number of benzene rings is 2. The molecule has 2 rings (SSSR count). The second-order valence-electron chi connectivity index (χ2n) is 6.05. The molecule has 0 saturated heterocycles. The third-order valence-electron chi connectivity index (χ3n) is 3.57. The Balaban J connectivity index is 1.94. The van der Waals surface area contributed by atoms with Crippen LogP contribution in [0.5, 0.6) is 17.2 Å². The number of nitrogens with zero attached hydrogens (tertiary/aromatic N) is 1. The highest BCUT2D eigenvalue weighted by Gasteiger charge is 2.07. The molecule has 0 spiro atoms. The van der Waals surface area contributed by atoms with Crippen molar-refractivity contribution in [1.82, 2.24) is 5.43 Å². The summed E-state index contributed by atoms with van der Waals surface area (Å²) in [5, 5.41) is 4.79. The lowest BCUT2D eigenvalue weighted by Crippen LogP contribution is -2.24. The molecular weight excluding hydrogens is 415 g/mol. The lowest BCUT2D eigenvalue weighted by atomic mass is 10.2. The molecule has 0 aliphatic carbocycles. The molecular formula is C21H24Cl2N2O4. The zero-order chi connectivity index (χ0) is 21.1. The number of halogens is 2. The Morgan fingerprint density at radius 3 is 2.48 bits per heavy atom. The molecule has 0 bridgehead atoms. The fourth-order valence-electron chi connectivity index (χ4n) is 2.21. The van der Waals surface area contributed by atoms with Crippen molar-refractivity contribution in [3.63, 3.8) is 0 Å². The maximum Gasteiger partial charge on any atom is 0.277 e. The molecule has 1 N–H and O–H groups in total. The molecule has 0 saturated carbocycles. The summed E-state index contributed by atoms with van der Waals surface area (Å²) in [4.78, 5) is 11.9. The number of hydrogen-bond acceptors (Lipinski definition) is 5. The fraction of sp³-hybridized carbons (Fsp3) is 0.333. The zero-order valence-electron chi connectivity index (χ0n) is 16.4. The van der Waals surface area contributed by atoms with Crippen LogP contribution in [0.3, 0.4) is 0 Å². The van der Waals surface area contributed by atoms with Gasteiger partial charge in [0.1, 0.15) is 17.2 Å². The van der Waals surface area contributed by atoms with Crippen molar-refractivity contribution in [3.8, 4) is 17.2 Å². The molecule has 0 heterocycles. The maximum atomic E-state index is 11.9. The molecule has 2 aromatic rings. The van der Waals surface area contributed by atoms with E-state index in [-0.39, 0.29) is 6.61 Å². The van der Waals surface area contributed by atoms with Gasteiger partial charge in [-0.1, -0.05) is 37.0 Å². The van der Waals surface area contributed by atoms with E-state index in [1.807, 2.05) is 32.0 Å². The van der Waals surface area contributed by atoms with Crippen molar-refractivity contribution in [2.45, 2.75) is 26.7 Å². The molecule has 0 fully saturated rings. The van der Waals surface area contributed by atoms with Gasteiger partial charge in [-0.05, 0) is 43.2 Å². The van der Waals surface area contributed by atoms with Gasteiger partial charge in [0.05, 0.1) is 24.5 Å². The Labute approximate surface area is 180 Å². The monoisotopic (exact) mass is 438 g/mol. The Bertz CT molecular complexity index is 843. The topological polar surface area (TPSA) is 69.2 Å². The third-order valence-corrected chi connectivity index (χ3v) is 4.10. The van der Waals surface area contributed by atoms with Crippen LogP contribution in [0.4, 0.5) is 0 Å². The van der Waals surface area contributed by atoms with Crippen molar-refractivity contribution in [2.75, 3.05) is 19.8 Å². The van der Waals surface area contributed by atoms with E-state index in [9.17, 15) is 4.79 Å². The van der Waals surface area contributed by atoms with Crippen molar-refractivity contribution < 1.29 is 19.0 Å². The molecule has 0 atom stereocenters. The number of nitrogens with one attached hydrogen (secondary N) is 1. The van der Waals surface area contributed by atoms with Crippen molar-refractivity contribution >= 4 is 35.3 Å². The Morgan fingerprint density at radius 2 is 1.76 bits per heavy atom. The second-order valence-corrected chi connectivity index (χ2v) is 6.90. The van der Waals surface area contributed by atoms with E-state index in [4.69, 9.17) is 37.4 Å². The van der Waals surface area contributed by atoms with E-state index in [2.05, 4.69) is 10.5 Å². The van der Waals surface area contributed by atoms with Gasteiger partial charge in [-0.2, -0.15) is 5.10 Å². The predicted molar refractivity (Wildman–Crippen MR) is 116 cm³/mol. The second kappa shape index (κ2) is 12.2. The van der Waals surface area contributed by atoms with Crippen LogP contribution >= 0.6 is 23.2 Å². The van der Waals surface area contributed by atoms with E-state index in [0.29, 0.717) is 34.8 Å². The quantitative estimate of drug-likeness (QED) is 0.391. The molecule has 0 aliphatic heterocycles. The van der Waals surface area contributed by atoms with Gasteiger partial charge in [0.25, 0.3) is 5.91 Å². The smallest absolute Gasteiger partial charge is 0.277 e. The molecule has 0 aromatic heterocycles. The van der Waals surface area contributed by atoms with Crippen LogP contribution in [-0.2, 0) is 4.79 Å². The van der Waals surface area contributed by atoms with Gasteiger partial charge < -0.3 is 14.2 Å². The highest BCUT2D eigenvalue weighted by atomic mass is 35.5. The average molecular weight is 439 g/mol. The highest BCUT2D eigenvalue weighted by Crippen LogP contribution is 2.27. The molecule has 6 nitrogen and oxygen atoms in total. The Morgan fingerprint density at radius 1 is 1.00 bits per heavy atom. The largest absolute Gasteiger partial charge is 0.493 e. The highest BCUT2D eigenvalue weighted by molar-refractivity contribution is 6.35. The van der Waals surface area contributed by atoms with Crippen LogP contribution in [0.2, 0.25) is 10.0 Å². The molecule has 0 aliphatic rings. The molecule has 0 unspecified atom stereocenters. The minimum atomic E-state index is -0.425. The molecule has 0 radical (unpaired) electrons. The van der Waals surface area contributed by atoms with Crippen molar-refractivity contribution in [3.05, 3.63) is 52.0 Å². The average Bonchev–Trinajstić information content (AvgIpc) is 2.71. The molecule has 29 heavy (non-hydrogen) atoms. The normalized spacial score (nSPS) is 10.8. The first-order valence-electron chi connectivity index (χ1n) is 9.32. The van der Waals surface area contributed by atoms with Gasteiger partial charge in [-0.25, -0.2) is 5.43 Å². The van der Waals surface area contributed by atoms with Crippen LogP contribution in [0.1, 0.15) is 32.3 Å². The van der Waals surface area contributed by atoms with Gasteiger partial charge in [-0.3, -0.25) is 4.79 Å². The van der Waals surface area contributed by atoms with Crippen molar-refractivity contribution in [2.24, 2.45) is 5.10 Å². The fourth-order valence-corrected chi connectivity index (χ4v) is 2.67. The Hall–Kier alpha value is -2.44. The van der Waals surface area contributed by atoms with Crippen LogP contribution in [0, 0.1) is 0 Å². The molecule has 1 amide bonds. The number of hydrogen-bond donors (Lipinski definition) is 1. The maximum absolute atomic E-state index is 11.9. The van der Waals surface area contributed by atoms with Gasteiger partial charge in [-0.15, -0.1) is 0 Å². The summed E-state index contributed by atoms with van der Waals surface area (Å²) in [6, 6.07) is 10.3. The van der Waals surface area contributed by atoms with Crippen LogP contribution in [0.15, 0.2) is 41.5 Å². The molecule has 156 valence electrons. The molecule has 2 aromatic carbocycles. The van der Waals surface area contributed by atoms with Gasteiger partial charge in [0.2, 0.25) is 0 Å². The first-order valence-corrected chi connectivity index (χ1v) is 10.1. The summed E-state index contributed by atoms with van der Waals surface area (Å²) in [5.74, 6) is 1.31. The van der Waals surface area contributed by atoms with Gasteiger partial charge >= 0.3 is 0 Å². The zero-order valence-corrected chi connectivity index (χ0v) is 17.9. The summed E-state index contributed by atoms with van der Waals surface area (Å²) < 4.78 is 16.8. The van der Waals surface area contributed by atoms with E-state index in [1.54, 1.807) is 18.2 Å². The minimum absolute atomic E-state index is 0.234. The first kappa shape index (κ1) is 22.8. The number of carbonyl (C=O) groups is 1. The first-order chi connectivity index (χ1) is 14.0. The van der Waals surface area contributed by atoms with E-state index < -0.39 is 5.91 Å². The van der Waals surface area contributed by atoms with E-state index in [0.717, 1.165) is 24.2 Å². The lowest BCUT2D eigenvalue weighted by molar-refractivity contribution is -0.123. The number of carbonyl (C=O) groups excluding carboxylic acids is 1.